The Labute approximate surface area is 191 Å². The van der Waals surface area contributed by atoms with E-state index in [0.717, 1.165) is 46.3 Å². The van der Waals surface area contributed by atoms with E-state index in [4.69, 9.17) is 4.42 Å². The van der Waals surface area contributed by atoms with E-state index < -0.39 is 47.2 Å². The van der Waals surface area contributed by atoms with Crippen molar-refractivity contribution in [2.75, 3.05) is 25.1 Å². The summed E-state index contributed by atoms with van der Waals surface area (Å²) < 4.78 is 62.6. The molecule has 0 bridgehead atoms. The molecule has 2 amide bonds. The van der Waals surface area contributed by atoms with E-state index in [9.17, 15) is 32.6 Å². The predicted molar refractivity (Wildman–Crippen MR) is 113 cm³/mol. The zero-order valence-corrected chi connectivity index (χ0v) is 18.0. The molecule has 4 rings (SSSR count). The van der Waals surface area contributed by atoms with Gasteiger partial charge in [-0.2, -0.15) is 0 Å². The minimum absolute atomic E-state index is 0.0738. The largest absolute Gasteiger partial charge is 0.437 e. The maximum absolute atomic E-state index is 14.6. The molecule has 2 heterocycles. The van der Waals surface area contributed by atoms with Crippen LogP contribution in [0.4, 0.5) is 28.0 Å². The van der Waals surface area contributed by atoms with Crippen molar-refractivity contribution in [3.8, 4) is 11.3 Å². The number of carbonyl (C=O) groups is 1. The van der Waals surface area contributed by atoms with Crippen LogP contribution in [-0.4, -0.2) is 46.3 Å². The lowest BCUT2D eigenvalue weighted by Gasteiger charge is -2.32. The third kappa shape index (κ3) is 4.03. The highest BCUT2D eigenvalue weighted by molar-refractivity contribution is 5.99. The summed E-state index contributed by atoms with van der Waals surface area (Å²) >= 11 is 0. The second kappa shape index (κ2) is 8.58. The number of carbonyl (C=O) groups excluding carboxylic acids is 1. The number of hydrogen-bond acceptors (Lipinski definition) is 5. The summed E-state index contributed by atoms with van der Waals surface area (Å²) in [5.74, 6) is -4.43. The van der Waals surface area contributed by atoms with Gasteiger partial charge in [0.25, 0.3) is 0 Å². The highest BCUT2D eigenvalue weighted by atomic mass is 19.1. The molecule has 178 valence electrons. The number of hydrogen-bond donors (Lipinski definition) is 2. The van der Waals surface area contributed by atoms with Gasteiger partial charge in [-0.25, -0.2) is 27.3 Å². The Kier molecular flexibility index (Phi) is 5.92. The maximum Gasteiger partial charge on any atom is 0.328 e. The lowest BCUT2D eigenvalue weighted by Crippen LogP contribution is -2.43. The summed E-state index contributed by atoms with van der Waals surface area (Å²) in [6.45, 7) is 0.302. The molecule has 2 N–H and O–H groups in total. The molecular formula is C23H19F4N3O4. The molecule has 0 spiro atoms. The van der Waals surface area contributed by atoms with Gasteiger partial charge in [-0.15, -0.1) is 0 Å². The summed E-state index contributed by atoms with van der Waals surface area (Å²) in [6, 6.07) is 5.08. The fourth-order valence-electron chi connectivity index (χ4n) is 3.47. The van der Waals surface area contributed by atoms with E-state index in [2.05, 4.69) is 4.98 Å². The standard InChI is InChI=1S/C23H19F4N3O4/c1-23(33,11-31)21-28-18(20(34-21)14-7-6-13(24)8-17(14)27)12-9-29(2)22(32)30(10-12)19-15(25)4-3-5-16(19)26/h3-8,10,31,33H,9,11H2,1-2H3. The SMILES string of the molecule is CN1CC(c2nc(C(C)(O)CO)oc2-c2ccc(F)cc2F)=CN(c2c(F)cccc2F)C1=O. The predicted octanol–water partition coefficient (Wildman–Crippen LogP) is 4.01. The number of aromatic nitrogens is 1. The van der Waals surface area contributed by atoms with Crippen molar-refractivity contribution in [2.45, 2.75) is 12.5 Å². The van der Waals surface area contributed by atoms with Gasteiger partial charge < -0.3 is 19.5 Å². The molecule has 0 saturated carbocycles. The summed E-state index contributed by atoms with van der Waals surface area (Å²) in [5, 5.41) is 19.9. The molecule has 2 aromatic carbocycles. The molecule has 3 aromatic rings. The minimum Gasteiger partial charge on any atom is -0.437 e. The third-order valence-corrected chi connectivity index (χ3v) is 5.28. The number of nitrogens with zero attached hydrogens (tertiary/aromatic N) is 3. The Morgan fingerprint density at radius 3 is 2.41 bits per heavy atom. The number of anilines is 1. The molecule has 0 aliphatic carbocycles. The van der Waals surface area contributed by atoms with Gasteiger partial charge in [0.2, 0.25) is 5.89 Å². The quantitative estimate of drug-likeness (QED) is 0.542. The van der Waals surface area contributed by atoms with Crippen LogP contribution >= 0.6 is 0 Å². The summed E-state index contributed by atoms with van der Waals surface area (Å²) in [5.41, 5.74) is -2.70. The van der Waals surface area contributed by atoms with Gasteiger partial charge >= 0.3 is 6.03 Å². The molecule has 1 aliphatic heterocycles. The van der Waals surface area contributed by atoms with E-state index in [0.29, 0.717) is 6.07 Å². The number of urea groups is 1. The van der Waals surface area contributed by atoms with Crippen LogP contribution in [0.15, 0.2) is 47.0 Å². The van der Waals surface area contributed by atoms with Crippen LogP contribution in [-0.2, 0) is 5.60 Å². The normalized spacial score (nSPS) is 16.0. The Hall–Kier alpha value is -3.70. The van der Waals surface area contributed by atoms with Crippen LogP contribution in [0, 0.1) is 23.3 Å². The lowest BCUT2D eigenvalue weighted by atomic mass is 10.0. The van der Waals surface area contributed by atoms with E-state index in [1.807, 2.05) is 0 Å². The van der Waals surface area contributed by atoms with Crippen LogP contribution in [0.3, 0.4) is 0 Å². The van der Waals surface area contributed by atoms with Crippen molar-refractivity contribution in [3.63, 3.8) is 0 Å². The van der Waals surface area contributed by atoms with Gasteiger partial charge in [0.15, 0.2) is 11.4 Å². The van der Waals surface area contributed by atoms with Crippen LogP contribution in [0.2, 0.25) is 0 Å². The van der Waals surface area contributed by atoms with Gasteiger partial charge in [0.05, 0.1) is 18.7 Å². The van der Waals surface area contributed by atoms with Crippen LogP contribution in [0.1, 0.15) is 18.5 Å². The van der Waals surface area contributed by atoms with Crippen molar-refractivity contribution in [3.05, 3.63) is 77.5 Å². The Morgan fingerprint density at radius 2 is 1.79 bits per heavy atom. The monoisotopic (exact) mass is 477 g/mol. The molecule has 34 heavy (non-hydrogen) atoms. The summed E-state index contributed by atoms with van der Waals surface area (Å²) in [7, 11) is 1.38. The average Bonchev–Trinajstić information content (AvgIpc) is 3.22. The molecule has 7 nitrogen and oxygen atoms in total. The molecule has 0 radical (unpaired) electrons. The first-order valence-corrected chi connectivity index (χ1v) is 10.0. The first-order chi connectivity index (χ1) is 16.0. The number of likely N-dealkylation sites (N-methyl/N-ethyl adjacent to an activating group) is 1. The lowest BCUT2D eigenvalue weighted by molar-refractivity contribution is -0.0234. The zero-order valence-electron chi connectivity index (χ0n) is 18.0. The van der Waals surface area contributed by atoms with E-state index in [1.165, 1.54) is 14.0 Å². The van der Waals surface area contributed by atoms with Gasteiger partial charge in [0, 0.05) is 24.9 Å². The average molecular weight is 477 g/mol. The molecule has 1 aromatic heterocycles. The molecular weight excluding hydrogens is 458 g/mol. The number of para-hydroxylation sites is 1. The molecule has 1 aliphatic rings. The van der Waals surface area contributed by atoms with Gasteiger partial charge in [-0.1, -0.05) is 6.07 Å². The van der Waals surface area contributed by atoms with Gasteiger partial charge in [-0.05, 0) is 31.2 Å². The third-order valence-electron chi connectivity index (χ3n) is 5.28. The topological polar surface area (TPSA) is 90.0 Å². The van der Waals surface area contributed by atoms with Gasteiger partial charge in [0.1, 0.15) is 34.7 Å². The van der Waals surface area contributed by atoms with Crippen LogP contribution < -0.4 is 4.90 Å². The van der Waals surface area contributed by atoms with Crippen LogP contribution in [0.25, 0.3) is 16.9 Å². The molecule has 1 unspecified atom stereocenters. The van der Waals surface area contributed by atoms with Gasteiger partial charge in [-0.3, -0.25) is 4.90 Å². The fraction of sp³-hybridized carbons (Fsp3) is 0.217. The number of halogens is 4. The highest BCUT2D eigenvalue weighted by Gasteiger charge is 2.35. The second-order valence-corrected chi connectivity index (χ2v) is 7.99. The van der Waals surface area contributed by atoms with Crippen molar-refractivity contribution in [1.82, 2.24) is 9.88 Å². The van der Waals surface area contributed by atoms with E-state index in [1.54, 1.807) is 0 Å². The van der Waals surface area contributed by atoms with E-state index in [-0.39, 0.29) is 35.0 Å². The second-order valence-electron chi connectivity index (χ2n) is 7.99. The van der Waals surface area contributed by atoms with Crippen LogP contribution in [0.5, 0.6) is 0 Å². The number of benzene rings is 2. The Morgan fingerprint density at radius 1 is 1.12 bits per heavy atom. The fourth-order valence-corrected chi connectivity index (χ4v) is 3.47. The number of aliphatic hydroxyl groups is 2. The minimum atomic E-state index is -1.96. The Bertz CT molecular complexity index is 1290. The first-order valence-electron chi connectivity index (χ1n) is 10.0. The maximum atomic E-state index is 14.6. The highest BCUT2D eigenvalue weighted by Crippen LogP contribution is 2.37. The first kappa shape index (κ1) is 23.5. The Balaban J connectivity index is 1.94. The number of oxazole rings is 1. The van der Waals surface area contributed by atoms with Crippen molar-refractivity contribution < 1.29 is 37.0 Å². The zero-order chi connectivity index (χ0) is 24.8. The molecule has 0 fully saturated rings. The summed E-state index contributed by atoms with van der Waals surface area (Å²) in [4.78, 5) is 18.8. The van der Waals surface area contributed by atoms with Crippen molar-refractivity contribution in [1.29, 1.82) is 0 Å². The molecule has 1 atom stereocenters. The number of aliphatic hydroxyl groups excluding tert-OH is 1. The van der Waals surface area contributed by atoms with Crippen molar-refractivity contribution >= 4 is 17.3 Å². The molecule has 0 saturated heterocycles. The van der Waals surface area contributed by atoms with Crippen molar-refractivity contribution in [2.24, 2.45) is 0 Å². The van der Waals surface area contributed by atoms with E-state index >= 15 is 0 Å². The molecule has 11 heteroatoms. The number of amides is 2. The smallest absolute Gasteiger partial charge is 0.328 e. The summed E-state index contributed by atoms with van der Waals surface area (Å²) in [6.07, 6.45) is 1.13. The number of rotatable bonds is 5.